The highest BCUT2D eigenvalue weighted by Gasteiger charge is 2.12. The summed E-state index contributed by atoms with van der Waals surface area (Å²) in [5, 5.41) is 4.09. The lowest BCUT2D eigenvalue weighted by Gasteiger charge is -2.14. The minimum atomic E-state index is -3.48. The Morgan fingerprint density at radius 3 is 2.31 bits per heavy atom. The van der Waals surface area contributed by atoms with Crippen LogP contribution in [0.4, 0.5) is 11.4 Å². The van der Waals surface area contributed by atoms with E-state index in [0.717, 1.165) is 11.8 Å². The molecule has 0 radical (unpaired) electrons. The van der Waals surface area contributed by atoms with Crippen molar-refractivity contribution < 1.29 is 26.9 Å². The van der Waals surface area contributed by atoms with Gasteiger partial charge in [0.1, 0.15) is 6.61 Å². The van der Waals surface area contributed by atoms with E-state index in [0.29, 0.717) is 21.4 Å². The van der Waals surface area contributed by atoms with Crippen LogP contribution in [-0.2, 0) is 35.0 Å². The van der Waals surface area contributed by atoms with Gasteiger partial charge >= 0.3 is 5.97 Å². The molecule has 2 aromatic carbocycles. The number of esters is 1. The van der Waals surface area contributed by atoms with Crippen LogP contribution in [0.15, 0.2) is 42.5 Å². The van der Waals surface area contributed by atoms with Crippen molar-refractivity contribution >= 4 is 50.7 Å². The predicted octanol–water partition coefficient (Wildman–Crippen LogP) is 3.82. The highest BCUT2D eigenvalue weighted by molar-refractivity contribution is 7.85. The Labute approximate surface area is 180 Å². The molecule has 0 heterocycles. The molecule has 29 heavy (non-hydrogen) atoms. The van der Waals surface area contributed by atoms with Crippen LogP contribution >= 0.6 is 23.2 Å². The van der Waals surface area contributed by atoms with E-state index in [1.54, 1.807) is 24.3 Å². The van der Waals surface area contributed by atoms with Crippen molar-refractivity contribution in [1.82, 2.24) is 0 Å². The third-order valence-corrected chi connectivity index (χ3v) is 4.82. The van der Waals surface area contributed by atoms with Crippen LogP contribution in [0.1, 0.15) is 5.56 Å². The van der Waals surface area contributed by atoms with Gasteiger partial charge in [0.2, 0.25) is 0 Å². The number of benzene rings is 2. The van der Waals surface area contributed by atoms with Crippen molar-refractivity contribution in [2.75, 3.05) is 38.0 Å². The Kier molecular flexibility index (Phi) is 9.19. The Hall–Kier alpha value is -1.84. The average Bonchev–Trinajstić information content (AvgIpc) is 2.64. The first kappa shape index (κ1) is 23.4. The molecule has 1 N–H and O–H groups in total. The fourth-order valence-corrected chi connectivity index (χ4v) is 3.18. The summed E-state index contributed by atoms with van der Waals surface area (Å²) in [5.41, 5.74) is 1.96. The predicted molar refractivity (Wildman–Crippen MR) is 112 cm³/mol. The minimum Gasteiger partial charge on any atom is -0.463 e. The lowest BCUT2D eigenvalue weighted by atomic mass is 10.1. The van der Waals surface area contributed by atoms with Gasteiger partial charge < -0.3 is 14.8 Å². The lowest BCUT2D eigenvalue weighted by molar-refractivity contribution is -0.144. The number of hydrogen-bond acceptors (Lipinski definition) is 7. The largest absolute Gasteiger partial charge is 0.463 e. The summed E-state index contributed by atoms with van der Waals surface area (Å²) in [7, 11) is -3.48. The standard InChI is InChI=1S/C19H21Cl2NO6S/c1-29(24,25)28-12-10-26-9-11-27-18(23)13-14-5-2-3-8-17(14)22-19-15(20)6-4-7-16(19)21/h2-8,22H,9-13H2,1H3. The average molecular weight is 462 g/mol. The SMILES string of the molecule is CS(=O)(=O)OCCOCCOC(=O)Cc1ccccc1Nc1c(Cl)cccc1Cl. The highest BCUT2D eigenvalue weighted by Crippen LogP contribution is 2.33. The zero-order chi connectivity index (χ0) is 21.3. The summed E-state index contributed by atoms with van der Waals surface area (Å²) < 4.78 is 36.4. The van der Waals surface area contributed by atoms with Gasteiger partial charge in [0, 0.05) is 5.69 Å². The van der Waals surface area contributed by atoms with Gasteiger partial charge in [-0.1, -0.05) is 47.5 Å². The number of anilines is 2. The van der Waals surface area contributed by atoms with Crippen molar-refractivity contribution in [2.24, 2.45) is 0 Å². The lowest BCUT2D eigenvalue weighted by Crippen LogP contribution is -2.15. The molecular formula is C19H21Cl2NO6S. The van der Waals surface area contributed by atoms with Crippen molar-refractivity contribution in [2.45, 2.75) is 6.42 Å². The fourth-order valence-electron chi connectivity index (χ4n) is 2.32. The maximum Gasteiger partial charge on any atom is 0.310 e. The molecule has 0 aliphatic rings. The molecule has 2 rings (SSSR count). The fraction of sp³-hybridized carbons (Fsp3) is 0.316. The second kappa shape index (κ2) is 11.4. The van der Waals surface area contributed by atoms with Crippen LogP contribution in [0.3, 0.4) is 0 Å². The summed E-state index contributed by atoms with van der Waals surface area (Å²) in [6, 6.07) is 12.4. The summed E-state index contributed by atoms with van der Waals surface area (Å²) in [4.78, 5) is 12.1. The monoisotopic (exact) mass is 461 g/mol. The van der Waals surface area contributed by atoms with E-state index in [1.807, 2.05) is 18.2 Å². The molecule has 0 atom stereocenters. The van der Waals surface area contributed by atoms with Crippen molar-refractivity contribution in [3.63, 3.8) is 0 Å². The number of carbonyl (C=O) groups is 1. The van der Waals surface area contributed by atoms with E-state index >= 15 is 0 Å². The summed E-state index contributed by atoms with van der Waals surface area (Å²) in [6.45, 7) is 0.171. The molecule has 0 unspecified atom stereocenters. The number of para-hydroxylation sites is 2. The Balaban J connectivity index is 1.82. The number of hydrogen-bond donors (Lipinski definition) is 1. The van der Waals surface area contributed by atoms with Crippen molar-refractivity contribution in [1.29, 1.82) is 0 Å². The quantitative estimate of drug-likeness (QED) is 0.309. The molecule has 0 aliphatic heterocycles. The number of nitrogens with one attached hydrogen (secondary N) is 1. The molecule has 0 spiro atoms. The molecule has 0 aliphatic carbocycles. The molecule has 0 aromatic heterocycles. The molecular weight excluding hydrogens is 441 g/mol. The first-order valence-electron chi connectivity index (χ1n) is 8.63. The zero-order valence-corrected chi connectivity index (χ0v) is 18.0. The van der Waals surface area contributed by atoms with E-state index in [4.69, 9.17) is 32.7 Å². The van der Waals surface area contributed by atoms with Gasteiger partial charge in [0.25, 0.3) is 10.1 Å². The van der Waals surface area contributed by atoms with Crippen LogP contribution in [0, 0.1) is 0 Å². The third kappa shape index (κ3) is 8.59. The van der Waals surface area contributed by atoms with Crippen LogP contribution in [0.5, 0.6) is 0 Å². The molecule has 10 heteroatoms. The maximum atomic E-state index is 12.1. The van der Waals surface area contributed by atoms with Crippen molar-refractivity contribution in [3.05, 3.63) is 58.1 Å². The molecule has 158 valence electrons. The van der Waals surface area contributed by atoms with Gasteiger partial charge in [0.15, 0.2) is 0 Å². The van der Waals surface area contributed by atoms with Gasteiger partial charge in [-0.3, -0.25) is 8.98 Å². The molecule has 0 fully saturated rings. The molecule has 7 nitrogen and oxygen atoms in total. The van der Waals surface area contributed by atoms with Gasteiger partial charge in [-0.05, 0) is 23.8 Å². The van der Waals surface area contributed by atoms with Crippen molar-refractivity contribution in [3.8, 4) is 0 Å². The van der Waals surface area contributed by atoms with Gasteiger partial charge in [-0.2, -0.15) is 8.42 Å². The molecule has 0 saturated heterocycles. The smallest absolute Gasteiger partial charge is 0.310 e. The number of rotatable bonds is 11. The van der Waals surface area contributed by atoms with Gasteiger partial charge in [0.05, 0.1) is 48.2 Å². The topological polar surface area (TPSA) is 90.9 Å². The first-order chi connectivity index (χ1) is 13.8. The summed E-state index contributed by atoms with van der Waals surface area (Å²) in [5.74, 6) is -0.430. The Morgan fingerprint density at radius 2 is 1.62 bits per heavy atom. The van der Waals surface area contributed by atoms with E-state index in [1.165, 1.54) is 0 Å². The molecule has 2 aromatic rings. The van der Waals surface area contributed by atoms with Gasteiger partial charge in [-0.25, -0.2) is 0 Å². The number of ether oxygens (including phenoxy) is 2. The Morgan fingerprint density at radius 1 is 0.966 bits per heavy atom. The second-order valence-corrected chi connectivity index (χ2v) is 8.37. The zero-order valence-electron chi connectivity index (χ0n) is 15.7. The number of carbonyl (C=O) groups excluding carboxylic acids is 1. The molecule has 0 amide bonds. The summed E-state index contributed by atoms with van der Waals surface area (Å²) in [6.07, 6.45) is 1.00. The molecule has 0 saturated carbocycles. The van der Waals surface area contributed by atoms with Crippen LogP contribution in [0.2, 0.25) is 10.0 Å². The van der Waals surface area contributed by atoms with E-state index in [2.05, 4.69) is 9.50 Å². The third-order valence-electron chi connectivity index (χ3n) is 3.59. The Bertz CT molecular complexity index is 916. The minimum absolute atomic E-state index is 0.0441. The van der Waals surface area contributed by atoms with Crippen LogP contribution in [0.25, 0.3) is 0 Å². The molecule has 0 bridgehead atoms. The van der Waals surface area contributed by atoms with Crippen LogP contribution in [-0.4, -0.2) is 47.1 Å². The second-order valence-electron chi connectivity index (χ2n) is 5.91. The number of halogens is 2. The van der Waals surface area contributed by atoms with E-state index < -0.39 is 16.1 Å². The highest BCUT2D eigenvalue weighted by atomic mass is 35.5. The van der Waals surface area contributed by atoms with E-state index in [9.17, 15) is 13.2 Å². The normalized spacial score (nSPS) is 11.3. The van der Waals surface area contributed by atoms with Gasteiger partial charge in [-0.15, -0.1) is 0 Å². The summed E-state index contributed by atoms with van der Waals surface area (Å²) >= 11 is 12.4. The maximum absolute atomic E-state index is 12.1. The van der Waals surface area contributed by atoms with E-state index in [-0.39, 0.29) is 32.8 Å². The first-order valence-corrected chi connectivity index (χ1v) is 11.2. The van der Waals surface area contributed by atoms with Crippen LogP contribution < -0.4 is 5.32 Å².